The van der Waals surface area contributed by atoms with Crippen molar-refractivity contribution in [3.63, 3.8) is 0 Å². The third-order valence-corrected chi connectivity index (χ3v) is 4.02. The second kappa shape index (κ2) is 10.0. The summed E-state index contributed by atoms with van der Waals surface area (Å²) in [6, 6.07) is 3.96. The van der Waals surface area contributed by atoms with E-state index in [0.29, 0.717) is 12.4 Å². The predicted molar refractivity (Wildman–Crippen MR) is 101 cm³/mol. The molecule has 1 aromatic rings. The molecule has 0 aliphatic rings. The van der Waals surface area contributed by atoms with Gasteiger partial charge in [-0.05, 0) is 40.1 Å². The smallest absolute Gasteiger partial charge is 0.274 e. The highest BCUT2D eigenvalue weighted by molar-refractivity contribution is 7.98. The molecule has 0 saturated heterocycles. The Hall–Kier alpha value is -2.11. The quantitative estimate of drug-likeness (QED) is 0.269. The highest BCUT2D eigenvalue weighted by atomic mass is 32.2. The van der Waals surface area contributed by atoms with E-state index < -0.39 is 10.5 Å². The first-order valence-electron chi connectivity index (χ1n) is 7.87. The summed E-state index contributed by atoms with van der Waals surface area (Å²) in [6.45, 7) is 4.90. The zero-order valence-electron chi connectivity index (χ0n) is 15.2. The zero-order chi connectivity index (χ0) is 18.9. The van der Waals surface area contributed by atoms with Crippen molar-refractivity contribution in [2.24, 2.45) is 0 Å². The third kappa shape index (κ3) is 9.08. The number of hydrogen-bond donors (Lipinski definition) is 2. The van der Waals surface area contributed by atoms with Crippen LogP contribution in [-0.2, 0) is 12.3 Å². The van der Waals surface area contributed by atoms with E-state index in [1.165, 1.54) is 0 Å². The Morgan fingerprint density at radius 3 is 2.76 bits per heavy atom. The van der Waals surface area contributed by atoms with Gasteiger partial charge in [0.2, 0.25) is 0 Å². The Bertz CT molecular complexity index is 632. The highest BCUT2D eigenvalue weighted by Gasteiger charge is 2.16. The minimum atomic E-state index is -0.668. The average Bonchev–Trinajstić information content (AvgIpc) is 2.92. The Morgan fingerprint density at radius 2 is 2.16 bits per heavy atom. The second-order valence-electron chi connectivity index (χ2n) is 6.31. The number of nitrogens with zero attached hydrogens (tertiary/aromatic N) is 2. The van der Waals surface area contributed by atoms with Gasteiger partial charge in [-0.25, -0.2) is 0 Å². The zero-order valence-corrected chi connectivity index (χ0v) is 16.0. The van der Waals surface area contributed by atoms with Crippen LogP contribution in [0.5, 0.6) is 0 Å². The fraction of sp³-hybridized carbons (Fsp3) is 0.529. The number of furan rings is 1. The van der Waals surface area contributed by atoms with Crippen molar-refractivity contribution in [3.8, 4) is 12.3 Å². The van der Waals surface area contributed by atoms with Crippen molar-refractivity contribution < 1.29 is 9.34 Å². The number of nitro groups is 1. The molecule has 0 unspecified atom stereocenters. The lowest BCUT2D eigenvalue weighted by Crippen LogP contribution is -2.42. The summed E-state index contributed by atoms with van der Waals surface area (Å²) in [6.07, 6.45) is 6.30. The largest absolute Gasteiger partial charge is 0.464 e. The molecule has 0 amide bonds. The van der Waals surface area contributed by atoms with Gasteiger partial charge < -0.3 is 20.0 Å². The molecule has 0 radical (unpaired) electrons. The molecule has 0 aromatic carbocycles. The van der Waals surface area contributed by atoms with Gasteiger partial charge in [-0.3, -0.25) is 10.1 Å². The maximum absolute atomic E-state index is 10.7. The van der Waals surface area contributed by atoms with Crippen LogP contribution in [0.2, 0.25) is 0 Å². The van der Waals surface area contributed by atoms with Gasteiger partial charge >= 0.3 is 0 Å². The molecular formula is C17H26N4O3S. The standard InChI is InChI=1S/C17H26N4O3S/c1-6-17(2,3)19-16(12-21(22)23)18-9-10-25-13-15-8-7-14(24-15)11-20(4)5/h1,7-8,12,18-19H,9-11,13H2,2-5H3/b16-12+. The van der Waals surface area contributed by atoms with E-state index in [4.69, 9.17) is 10.8 Å². The molecule has 7 nitrogen and oxygen atoms in total. The molecular weight excluding hydrogens is 340 g/mol. The maximum Gasteiger partial charge on any atom is 0.274 e. The van der Waals surface area contributed by atoms with E-state index in [1.54, 1.807) is 25.6 Å². The summed E-state index contributed by atoms with van der Waals surface area (Å²) >= 11 is 1.69. The van der Waals surface area contributed by atoms with Gasteiger partial charge in [-0.2, -0.15) is 11.8 Å². The van der Waals surface area contributed by atoms with Gasteiger partial charge in [0.05, 0.1) is 22.8 Å². The topological polar surface area (TPSA) is 83.6 Å². The SMILES string of the molecule is C#CC(C)(C)N/C(=C/[N+](=O)[O-])NCCSCc1ccc(CN(C)C)o1. The van der Waals surface area contributed by atoms with E-state index in [-0.39, 0.29) is 0 Å². The molecule has 138 valence electrons. The van der Waals surface area contributed by atoms with Crippen molar-refractivity contribution in [1.82, 2.24) is 15.5 Å². The molecule has 0 atom stereocenters. The first-order valence-corrected chi connectivity index (χ1v) is 9.02. The lowest BCUT2D eigenvalue weighted by Gasteiger charge is -2.22. The number of thioether (sulfide) groups is 1. The third-order valence-electron chi connectivity index (χ3n) is 3.04. The lowest BCUT2D eigenvalue weighted by atomic mass is 10.1. The van der Waals surface area contributed by atoms with Gasteiger partial charge in [0.25, 0.3) is 6.20 Å². The minimum absolute atomic E-state index is 0.305. The maximum atomic E-state index is 10.7. The molecule has 1 heterocycles. The van der Waals surface area contributed by atoms with Crippen molar-refractivity contribution in [3.05, 3.63) is 45.8 Å². The van der Waals surface area contributed by atoms with Crippen LogP contribution in [0.4, 0.5) is 0 Å². The van der Waals surface area contributed by atoms with E-state index in [9.17, 15) is 10.1 Å². The van der Waals surface area contributed by atoms with Gasteiger partial charge in [-0.15, -0.1) is 6.42 Å². The van der Waals surface area contributed by atoms with E-state index in [1.807, 2.05) is 31.1 Å². The summed E-state index contributed by atoms with van der Waals surface area (Å²) in [5.74, 6) is 6.25. The monoisotopic (exact) mass is 366 g/mol. The van der Waals surface area contributed by atoms with Crippen LogP contribution >= 0.6 is 11.8 Å². The lowest BCUT2D eigenvalue weighted by molar-refractivity contribution is -0.404. The summed E-state index contributed by atoms with van der Waals surface area (Å²) in [4.78, 5) is 12.3. The average molecular weight is 366 g/mol. The first-order chi connectivity index (χ1) is 11.7. The molecule has 25 heavy (non-hydrogen) atoms. The van der Waals surface area contributed by atoms with Crippen molar-refractivity contribution in [2.75, 3.05) is 26.4 Å². The van der Waals surface area contributed by atoms with Crippen molar-refractivity contribution in [1.29, 1.82) is 0 Å². The van der Waals surface area contributed by atoms with Crippen LogP contribution in [0.1, 0.15) is 25.4 Å². The van der Waals surface area contributed by atoms with E-state index in [0.717, 1.165) is 35.8 Å². The predicted octanol–water partition coefficient (Wildman–Crippen LogP) is 2.24. The number of nitrogens with one attached hydrogen (secondary N) is 2. The number of rotatable bonds is 11. The molecule has 0 fully saturated rings. The molecule has 0 saturated carbocycles. The Labute approximate surface area is 153 Å². The van der Waals surface area contributed by atoms with Gasteiger partial charge in [0, 0.05) is 12.3 Å². The fourth-order valence-electron chi connectivity index (χ4n) is 1.93. The molecule has 8 heteroatoms. The summed E-state index contributed by atoms with van der Waals surface area (Å²) in [7, 11) is 3.99. The molecule has 0 aliphatic heterocycles. The highest BCUT2D eigenvalue weighted by Crippen LogP contribution is 2.16. The van der Waals surface area contributed by atoms with Crippen LogP contribution < -0.4 is 10.6 Å². The van der Waals surface area contributed by atoms with Crippen LogP contribution in [-0.4, -0.2) is 41.8 Å². The number of hydrogen-bond acceptors (Lipinski definition) is 7. The molecule has 1 rings (SSSR count). The molecule has 2 N–H and O–H groups in total. The van der Waals surface area contributed by atoms with Crippen molar-refractivity contribution >= 4 is 11.8 Å². The van der Waals surface area contributed by atoms with E-state index in [2.05, 4.69) is 16.6 Å². The minimum Gasteiger partial charge on any atom is -0.464 e. The second-order valence-corrected chi connectivity index (χ2v) is 7.41. The summed E-state index contributed by atoms with van der Waals surface area (Å²) < 4.78 is 5.74. The van der Waals surface area contributed by atoms with Gasteiger partial charge in [0.15, 0.2) is 5.82 Å². The summed E-state index contributed by atoms with van der Waals surface area (Å²) in [5.41, 5.74) is -0.668. The fourth-order valence-corrected chi connectivity index (χ4v) is 2.67. The molecule has 0 spiro atoms. The first kappa shape index (κ1) is 20.9. The summed E-state index contributed by atoms with van der Waals surface area (Å²) in [5, 5.41) is 16.7. The van der Waals surface area contributed by atoms with E-state index >= 15 is 0 Å². The molecule has 1 aromatic heterocycles. The van der Waals surface area contributed by atoms with Gasteiger partial charge in [-0.1, -0.05) is 5.92 Å². The number of terminal acetylenes is 1. The Kier molecular flexibility index (Phi) is 8.38. The molecule has 0 aliphatic carbocycles. The molecule has 0 bridgehead atoms. The van der Waals surface area contributed by atoms with Gasteiger partial charge in [0.1, 0.15) is 11.5 Å². The van der Waals surface area contributed by atoms with Crippen LogP contribution in [0.15, 0.2) is 28.6 Å². The van der Waals surface area contributed by atoms with Crippen LogP contribution in [0.3, 0.4) is 0 Å². The normalized spacial score (nSPS) is 12.1. The van der Waals surface area contributed by atoms with Crippen LogP contribution in [0.25, 0.3) is 0 Å². The Morgan fingerprint density at radius 1 is 1.48 bits per heavy atom. The van der Waals surface area contributed by atoms with Crippen molar-refractivity contribution in [2.45, 2.75) is 31.7 Å². The Balaban J connectivity index is 2.38. The van der Waals surface area contributed by atoms with Crippen LogP contribution in [0, 0.1) is 22.5 Å².